The van der Waals surface area contributed by atoms with Crippen molar-refractivity contribution in [2.75, 3.05) is 23.3 Å². The molecule has 114 valence electrons. The first kappa shape index (κ1) is 14.9. The molecule has 1 aliphatic heterocycles. The van der Waals surface area contributed by atoms with Gasteiger partial charge < -0.3 is 10.2 Å². The summed E-state index contributed by atoms with van der Waals surface area (Å²) in [7, 11) is 0. The maximum absolute atomic E-state index is 12.1. The van der Waals surface area contributed by atoms with Crippen LogP contribution in [0.15, 0.2) is 42.5 Å². The van der Waals surface area contributed by atoms with Crippen LogP contribution in [0.2, 0.25) is 5.02 Å². The van der Waals surface area contributed by atoms with Crippen molar-refractivity contribution in [2.24, 2.45) is 0 Å². The fraction of sp³-hybridized carbons (Fsp3) is 0.278. The van der Waals surface area contributed by atoms with Crippen LogP contribution < -0.4 is 10.2 Å². The Kier molecular flexibility index (Phi) is 4.34. The molecule has 1 N–H and O–H groups in total. The maximum Gasteiger partial charge on any atom is 0.246 e. The largest absolute Gasteiger partial charge is 0.374 e. The molecule has 0 radical (unpaired) electrons. The van der Waals surface area contributed by atoms with Crippen LogP contribution in [0.4, 0.5) is 11.4 Å². The fourth-order valence-electron chi connectivity index (χ4n) is 2.72. The van der Waals surface area contributed by atoms with E-state index in [2.05, 4.69) is 18.3 Å². The van der Waals surface area contributed by atoms with Gasteiger partial charge >= 0.3 is 0 Å². The van der Waals surface area contributed by atoms with Gasteiger partial charge in [0, 0.05) is 11.6 Å². The summed E-state index contributed by atoms with van der Waals surface area (Å²) in [6.07, 6.45) is 2.09. The summed E-state index contributed by atoms with van der Waals surface area (Å²) >= 11 is 6.07. The van der Waals surface area contributed by atoms with Crippen molar-refractivity contribution < 1.29 is 4.79 Å². The zero-order valence-corrected chi connectivity index (χ0v) is 13.4. The molecule has 0 saturated heterocycles. The standard InChI is InChI=1S/C18H19ClN2O/c1-2-3-9-21-17-8-7-14(11-16(17)20-12-18(21)22)13-5-4-6-15(19)10-13/h4-8,10-11,20H,2-3,9,12H2,1H3. The van der Waals surface area contributed by atoms with E-state index in [4.69, 9.17) is 11.6 Å². The fourth-order valence-corrected chi connectivity index (χ4v) is 2.91. The van der Waals surface area contributed by atoms with Crippen molar-refractivity contribution in [3.63, 3.8) is 0 Å². The van der Waals surface area contributed by atoms with Crippen LogP contribution in [-0.2, 0) is 4.79 Å². The molecule has 0 aliphatic carbocycles. The molecule has 3 rings (SSSR count). The van der Waals surface area contributed by atoms with Crippen molar-refractivity contribution in [2.45, 2.75) is 19.8 Å². The Labute approximate surface area is 135 Å². The Morgan fingerprint density at radius 2 is 2.00 bits per heavy atom. The van der Waals surface area contributed by atoms with Crippen LogP contribution in [0.1, 0.15) is 19.8 Å². The lowest BCUT2D eigenvalue weighted by Crippen LogP contribution is -2.40. The summed E-state index contributed by atoms with van der Waals surface area (Å²) < 4.78 is 0. The third kappa shape index (κ3) is 2.95. The Bertz CT molecular complexity index is 699. The minimum absolute atomic E-state index is 0.136. The lowest BCUT2D eigenvalue weighted by atomic mass is 10.0. The van der Waals surface area contributed by atoms with E-state index < -0.39 is 0 Å². The normalized spacial score (nSPS) is 13.7. The molecule has 1 heterocycles. The Morgan fingerprint density at radius 3 is 2.77 bits per heavy atom. The number of rotatable bonds is 4. The van der Waals surface area contributed by atoms with Crippen LogP contribution in [-0.4, -0.2) is 19.0 Å². The number of amides is 1. The van der Waals surface area contributed by atoms with Gasteiger partial charge in [-0.05, 0) is 41.8 Å². The highest BCUT2D eigenvalue weighted by Gasteiger charge is 2.23. The molecule has 1 aliphatic rings. The number of anilines is 2. The summed E-state index contributed by atoms with van der Waals surface area (Å²) in [5.74, 6) is 0.136. The van der Waals surface area contributed by atoms with E-state index in [0.717, 1.165) is 46.9 Å². The van der Waals surface area contributed by atoms with Gasteiger partial charge in [0.1, 0.15) is 0 Å². The van der Waals surface area contributed by atoms with Crippen molar-refractivity contribution in [1.29, 1.82) is 0 Å². The molecule has 3 nitrogen and oxygen atoms in total. The molecule has 0 unspecified atom stereocenters. The minimum atomic E-state index is 0.136. The molecule has 0 spiro atoms. The smallest absolute Gasteiger partial charge is 0.246 e. The highest BCUT2D eigenvalue weighted by molar-refractivity contribution is 6.30. The Balaban J connectivity index is 1.95. The number of halogens is 1. The molecule has 2 aromatic carbocycles. The van der Waals surface area contributed by atoms with Crippen molar-refractivity contribution >= 4 is 28.9 Å². The molecule has 2 aromatic rings. The second-order valence-corrected chi connectivity index (χ2v) is 5.93. The van der Waals surface area contributed by atoms with Gasteiger partial charge in [-0.15, -0.1) is 0 Å². The zero-order chi connectivity index (χ0) is 15.5. The third-order valence-electron chi connectivity index (χ3n) is 3.91. The van der Waals surface area contributed by atoms with Gasteiger partial charge in [0.25, 0.3) is 0 Å². The predicted octanol–water partition coefficient (Wildman–Crippen LogP) is 4.57. The average molecular weight is 315 g/mol. The number of nitrogens with one attached hydrogen (secondary N) is 1. The molecule has 0 bridgehead atoms. The number of fused-ring (bicyclic) bond motifs is 1. The van der Waals surface area contributed by atoms with Crippen molar-refractivity contribution in [3.8, 4) is 11.1 Å². The number of carbonyl (C=O) groups excluding carboxylic acids is 1. The maximum atomic E-state index is 12.1. The molecular formula is C18H19ClN2O. The van der Waals surface area contributed by atoms with Gasteiger partial charge in [0.15, 0.2) is 0 Å². The van der Waals surface area contributed by atoms with Crippen LogP contribution >= 0.6 is 11.6 Å². The summed E-state index contributed by atoms with van der Waals surface area (Å²) in [6.45, 7) is 3.27. The number of benzene rings is 2. The molecule has 0 aromatic heterocycles. The first-order valence-electron chi connectivity index (χ1n) is 7.63. The van der Waals surface area contributed by atoms with E-state index in [0.29, 0.717) is 6.54 Å². The molecule has 1 amide bonds. The SMILES string of the molecule is CCCCN1C(=O)CNc2cc(-c3cccc(Cl)c3)ccc21. The molecular weight excluding hydrogens is 296 g/mol. The molecule has 0 fully saturated rings. The number of hydrogen-bond acceptors (Lipinski definition) is 2. The second-order valence-electron chi connectivity index (χ2n) is 5.49. The third-order valence-corrected chi connectivity index (χ3v) is 4.15. The van der Waals surface area contributed by atoms with E-state index in [1.165, 1.54) is 0 Å². The van der Waals surface area contributed by atoms with Gasteiger partial charge in [-0.1, -0.05) is 43.1 Å². The molecule has 4 heteroatoms. The molecule has 22 heavy (non-hydrogen) atoms. The second kappa shape index (κ2) is 6.41. The monoisotopic (exact) mass is 314 g/mol. The van der Waals surface area contributed by atoms with Crippen LogP contribution in [0, 0.1) is 0 Å². The van der Waals surface area contributed by atoms with E-state index in [1.807, 2.05) is 41.3 Å². The number of carbonyl (C=O) groups is 1. The van der Waals surface area contributed by atoms with Gasteiger partial charge in [0.05, 0.1) is 17.9 Å². The number of unbranched alkanes of at least 4 members (excludes halogenated alkanes) is 1. The summed E-state index contributed by atoms with van der Waals surface area (Å²) in [4.78, 5) is 14.0. The van der Waals surface area contributed by atoms with Gasteiger partial charge in [-0.3, -0.25) is 4.79 Å². The highest BCUT2D eigenvalue weighted by atomic mass is 35.5. The number of hydrogen-bond donors (Lipinski definition) is 1. The predicted molar refractivity (Wildman–Crippen MR) is 92.6 cm³/mol. The van der Waals surface area contributed by atoms with E-state index in [-0.39, 0.29) is 5.91 Å². The first-order chi connectivity index (χ1) is 10.7. The number of nitrogens with zero attached hydrogens (tertiary/aromatic N) is 1. The lowest BCUT2D eigenvalue weighted by molar-refractivity contribution is -0.117. The Hall–Kier alpha value is -2.00. The van der Waals surface area contributed by atoms with Gasteiger partial charge in [0.2, 0.25) is 5.91 Å². The Morgan fingerprint density at radius 1 is 1.18 bits per heavy atom. The molecule has 0 saturated carbocycles. The quantitative estimate of drug-likeness (QED) is 0.897. The lowest BCUT2D eigenvalue weighted by Gasteiger charge is -2.30. The van der Waals surface area contributed by atoms with Crippen molar-refractivity contribution in [1.82, 2.24) is 0 Å². The zero-order valence-electron chi connectivity index (χ0n) is 12.6. The summed E-state index contributed by atoms with van der Waals surface area (Å²) in [6, 6.07) is 14.0. The first-order valence-corrected chi connectivity index (χ1v) is 8.01. The van der Waals surface area contributed by atoms with Crippen molar-refractivity contribution in [3.05, 3.63) is 47.5 Å². The minimum Gasteiger partial charge on any atom is -0.374 e. The van der Waals surface area contributed by atoms with Crippen LogP contribution in [0.25, 0.3) is 11.1 Å². The van der Waals surface area contributed by atoms with Gasteiger partial charge in [-0.2, -0.15) is 0 Å². The average Bonchev–Trinajstić information content (AvgIpc) is 2.53. The topological polar surface area (TPSA) is 32.3 Å². The van der Waals surface area contributed by atoms with E-state index in [9.17, 15) is 4.79 Å². The van der Waals surface area contributed by atoms with Gasteiger partial charge in [-0.25, -0.2) is 0 Å². The van der Waals surface area contributed by atoms with E-state index >= 15 is 0 Å². The van der Waals surface area contributed by atoms with Crippen LogP contribution in [0.3, 0.4) is 0 Å². The van der Waals surface area contributed by atoms with Crippen LogP contribution in [0.5, 0.6) is 0 Å². The highest BCUT2D eigenvalue weighted by Crippen LogP contribution is 2.34. The summed E-state index contributed by atoms with van der Waals surface area (Å²) in [5, 5.41) is 3.94. The summed E-state index contributed by atoms with van der Waals surface area (Å²) in [5.41, 5.74) is 4.15. The molecule has 0 atom stereocenters. The van der Waals surface area contributed by atoms with E-state index in [1.54, 1.807) is 0 Å².